The molecule has 0 bridgehead atoms. The fourth-order valence-electron chi connectivity index (χ4n) is 2.11. The van der Waals surface area contributed by atoms with Gasteiger partial charge in [-0.3, -0.25) is 0 Å². The molecule has 3 rings (SSSR count). The summed E-state index contributed by atoms with van der Waals surface area (Å²) >= 11 is 3.23. The Labute approximate surface area is 130 Å². The van der Waals surface area contributed by atoms with E-state index in [0.717, 1.165) is 18.9 Å². The van der Waals surface area contributed by atoms with E-state index in [4.69, 9.17) is 4.74 Å². The Kier molecular flexibility index (Phi) is 4.31. The van der Waals surface area contributed by atoms with E-state index in [0.29, 0.717) is 29.2 Å². The molecule has 2 heterocycles. The van der Waals surface area contributed by atoms with E-state index in [-0.39, 0.29) is 5.82 Å². The first-order chi connectivity index (χ1) is 10.2. The quantitative estimate of drug-likeness (QED) is 0.920. The van der Waals surface area contributed by atoms with Gasteiger partial charge in [0, 0.05) is 23.6 Å². The summed E-state index contributed by atoms with van der Waals surface area (Å²) in [6, 6.07) is 6.66. The molecular formula is C14H14BrFN4O. The maximum Gasteiger partial charge on any atom is 0.147 e. The second kappa shape index (κ2) is 6.36. The van der Waals surface area contributed by atoms with Gasteiger partial charge in [0.1, 0.15) is 23.8 Å². The molecule has 110 valence electrons. The van der Waals surface area contributed by atoms with Crippen molar-refractivity contribution in [3.05, 3.63) is 40.9 Å². The Morgan fingerprint density at radius 2 is 2.00 bits per heavy atom. The first-order valence-electron chi connectivity index (χ1n) is 6.59. The van der Waals surface area contributed by atoms with Crippen molar-refractivity contribution < 1.29 is 9.13 Å². The van der Waals surface area contributed by atoms with Crippen LogP contribution in [0.1, 0.15) is 0 Å². The van der Waals surface area contributed by atoms with Crippen LogP contribution < -0.4 is 10.2 Å². The summed E-state index contributed by atoms with van der Waals surface area (Å²) in [5.74, 6) is 1.04. The van der Waals surface area contributed by atoms with Crippen LogP contribution in [-0.2, 0) is 4.74 Å². The molecule has 1 aromatic carbocycles. The third kappa shape index (κ3) is 3.48. The molecule has 0 aliphatic carbocycles. The lowest BCUT2D eigenvalue weighted by atomic mass is 10.3. The Morgan fingerprint density at radius 1 is 1.19 bits per heavy atom. The molecule has 21 heavy (non-hydrogen) atoms. The molecule has 0 atom stereocenters. The van der Waals surface area contributed by atoms with E-state index in [1.165, 1.54) is 12.4 Å². The van der Waals surface area contributed by atoms with E-state index in [2.05, 4.69) is 36.1 Å². The van der Waals surface area contributed by atoms with Crippen LogP contribution in [-0.4, -0.2) is 36.3 Å². The fourth-order valence-corrected chi connectivity index (χ4v) is 2.44. The molecule has 1 aliphatic rings. The van der Waals surface area contributed by atoms with Crippen LogP contribution in [0, 0.1) is 5.82 Å². The molecular weight excluding hydrogens is 339 g/mol. The van der Waals surface area contributed by atoms with Gasteiger partial charge in [0.2, 0.25) is 0 Å². The van der Waals surface area contributed by atoms with Gasteiger partial charge in [-0.25, -0.2) is 14.4 Å². The summed E-state index contributed by atoms with van der Waals surface area (Å²) in [5.41, 5.74) is 0.379. The van der Waals surface area contributed by atoms with E-state index >= 15 is 0 Å². The van der Waals surface area contributed by atoms with Gasteiger partial charge in [-0.1, -0.05) is 15.9 Å². The van der Waals surface area contributed by atoms with Crippen LogP contribution >= 0.6 is 15.9 Å². The molecule has 1 saturated heterocycles. The van der Waals surface area contributed by atoms with Crippen molar-refractivity contribution in [3.63, 3.8) is 0 Å². The standard InChI is InChI=1S/C14H14BrFN4O/c15-10-1-2-12(11(16)7-10)19-13-8-14(18-9-17-13)20-3-5-21-6-4-20/h1-2,7-9H,3-6H2,(H,17,18,19). The number of halogens is 2. The number of benzene rings is 1. The minimum Gasteiger partial charge on any atom is -0.378 e. The number of hydrogen-bond acceptors (Lipinski definition) is 5. The maximum atomic E-state index is 13.8. The molecule has 0 radical (unpaired) electrons. The highest BCUT2D eigenvalue weighted by Crippen LogP contribution is 2.23. The van der Waals surface area contributed by atoms with E-state index < -0.39 is 0 Å². The normalized spacial score (nSPS) is 15.0. The number of rotatable bonds is 3. The minimum absolute atomic E-state index is 0.337. The summed E-state index contributed by atoms with van der Waals surface area (Å²) < 4.78 is 19.8. The van der Waals surface area contributed by atoms with Gasteiger partial charge >= 0.3 is 0 Å². The first-order valence-corrected chi connectivity index (χ1v) is 7.38. The van der Waals surface area contributed by atoms with E-state index in [1.54, 1.807) is 12.1 Å². The highest BCUT2D eigenvalue weighted by Gasteiger charge is 2.13. The van der Waals surface area contributed by atoms with Crippen molar-refractivity contribution in [1.82, 2.24) is 9.97 Å². The molecule has 0 saturated carbocycles. The molecule has 2 aromatic rings. The lowest BCUT2D eigenvalue weighted by molar-refractivity contribution is 0.122. The van der Waals surface area contributed by atoms with Crippen LogP contribution in [0.4, 0.5) is 21.7 Å². The van der Waals surface area contributed by atoms with Crippen molar-refractivity contribution in [1.29, 1.82) is 0 Å². The third-order valence-electron chi connectivity index (χ3n) is 3.18. The van der Waals surface area contributed by atoms with Crippen molar-refractivity contribution in [2.24, 2.45) is 0 Å². The second-order valence-electron chi connectivity index (χ2n) is 4.61. The van der Waals surface area contributed by atoms with Gasteiger partial charge in [0.25, 0.3) is 0 Å². The smallest absolute Gasteiger partial charge is 0.147 e. The predicted octanol–water partition coefficient (Wildman–Crippen LogP) is 2.96. The van der Waals surface area contributed by atoms with Gasteiger partial charge in [0.15, 0.2) is 0 Å². The van der Waals surface area contributed by atoms with Gasteiger partial charge < -0.3 is 15.0 Å². The zero-order valence-electron chi connectivity index (χ0n) is 11.2. The van der Waals surface area contributed by atoms with Crippen LogP contribution in [0.3, 0.4) is 0 Å². The third-order valence-corrected chi connectivity index (χ3v) is 3.67. The predicted molar refractivity (Wildman–Crippen MR) is 82.4 cm³/mol. The number of ether oxygens (including phenoxy) is 1. The molecule has 1 aliphatic heterocycles. The molecule has 0 spiro atoms. The van der Waals surface area contributed by atoms with E-state index in [1.807, 2.05) is 6.07 Å². The lowest BCUT2D eigenvalue weighted by Gasteiger charge is -2.27. The number of hydrogen-bond donors (Lipinski definition) is 1. The highest BCUT2D eigenvalue weighted by atomic mass is 79.9. The Hall–Kier alpha value is -1.73. The van der Waals surface area contributed by atoms with Crippen molar-refractivity contribution in [2.75, 3.05) is 36.5 Å². The number of morpholine rings is 1. The lowest BCUT2D eigenvalue weighted by Crippen LogP contribution is -2.36. The van der Waals surface area contributed by atoms with Crippen molar-refractivity contribution in [3.8, 4) is 0 Å². The summed E-state index contributed by atoms with van der Waals surface area (Å²) in [6.45, 7) is 2.97. The van der Waals surface area contributed by atoms with Gasteiger partial charge in [-0.05, 0) is 18.2 Å². The van der Waals surface area contributed by atoms with Crippen LogP contribution in [0.5, 0.6) is 0 Å². The largest absolute Gasteiger partial charge is 0.378 e. The topological polar surface area (TPSA) is 50.3 Å². The molecule has 1 N–H and O–H groups in total. The van der Waals surface area contributed by atoms with E-state index in [9.17, 15) is 4.39 Å². The summed E-state index contributed by atoms with van der Waals surface area (Å²) in [4.78, 5) is 10.5. The first kappa shape index (κ1) is 14.2. The molecule has 0 unspecified atom stereocenters. The number of aromatic nitrogens is 2. The second-order valence-corrected chi connectivity index (χ2v) is 5.53. The number of nitrogens with zero attached hydrogens (tertiary/aromatic N) is 3. The van der Waals surface area contributed by atoms with Crippen LogP contribution in [0.15, 0.2) is 35.1 Å². The van der Waals surface area contributed by atoms with Gasteiger partial charge in [0.05, 0.1) is 18.9 Å². The van der Waals surface area contributed by atoms with Gasteiger partial charge in [-0.15, -0.1) is 0 Å². The number of nitrogens with one attached hydrogen (secondary N) is 1. The Balaban J connectivity index is 1.79. The Bertz CT molecular complexity index is 634. The average molecular weight is 353 g/mol. The molecule has 7 heteroatoms. The van der Waals surface area contributed by atoms with Crippen molar-refractivity contribution in [2.45, 2.75) is 0 Å². The zero-order valence-corrected chi connectivity index (χ0v) is 12.8. The van der Waals surface area contributed by atoms with Crippen LogP contribution in [0.2, 0.25) is 0 Å². The number of anilines is 3. The summed E-state index contributed by atoms with van der Waals surface area (Å²) in [6.07, 6.45) is 1.48. The van der Waals surface area contributed by atoms with Crippen molar-refractivity contribution >= 4 is 33.3 Å². The highest BCUT2D eigenvalue weighted by molar-refractivity contribution is 9.10. The molecule has 1 fully saturated rings. The van der Waals surface area contributed by atoms with Crippen LogP contribution in [0.25, 0.3) is 0 Å². The molecule has 5 nitrogen and oxygen atoms in total. The molecule has 0 amide bonds. The minimum atomic E-state index is -0.337. The van der Waals surface area contributed by atoms with Gasteiger partial charge in [-0.2, -0.15) is 0 Å². The fraction of sp³-hybridized carbons (Fsp3) is 0.286. The monoisotopic (exact) mass is 352 g/mol. The summed E-state index contributed by atoms with van der Waals surface area (Å²) in [7, 11) is 0. The zero-order chi connectivity index (χ0) is 14.7. The summed E-state index contributed by atoms with van der Waals surface area (Å²) in [5, 5.41) is 2.97. The maximum absolute atomic E-state index is 13.8. The molecule has 1 aromatic heterocycles. The average Bonchev–Trinajstić information content (AvgIpc) is 2.51. The Morgan fingerprint density at radius 3 is 2.76 bits per heavy atom. The SMILES string of the molecule is Fc1cc(Br)ccc1Nc1cc(N2CCOCC2)ncn1.